The van der Waals surface area contributed by atoms with E-state index in [-0.39, 0.29) is 11.3 Å². The topological polar surface area (TPSA) is 42.7 Å². The first kappa shape index (κ1) is 14.3. The molecule has 2 atom stereocenters. The first-order chi connectivity index (χ1) is 10.7. The summed E-state index contributed by atoms with van der Waals surface area (Å²) in [6, 6.07) is 1.79. The van der Waals surface area contributed by atoms with Gasteiger partial charge >= 0.3 is 0 Å². The Morgan fingerprint density at radius 1 is 1.45 bits per heavy atom. The van der Waals surface area contributed by atoms with Crippen molar-refractivity contribution >= 4 is 5.91 Å². The van der Waals surface area contributed by atoms with Crippen LogP contribution in [0.5, 0.6) is 0 Å². The van der Waals surface area contributed by atoms with Gasteiger partial charge in [-0.3, -0.25) is 4.79 Å². The average Bonchev–Trinajstić information content (AvgIpc) is 2.91. The highest BCUT2D eigenvalue weighted by atomic mass is 16.5. The predicted octanol–water partition coefficient (Wildman–Crippen LogP) is 3.26. The summed E-state index contributed by atoms with van der Waals surface area (Å²) in [7, 11) is 0. The Hall–Kier alpha value is -1.29. The standard InChI is InChI=1S/C18H25NO3/c1-13-16(6-8-22-13)17(20)19-9-15-3-2-7-18(15,11-19)12-21-10-14-4-5-14/h6,8,14-15H,2-5,7,9-12H2,1H3/t15-,18+/m0/s1. The first-order valence-corrected chi connectivity index (χ1v) is 8.59. The zero-order valence-electron chi connectivity index (χ0n) is 13.3. The van der Waals surface area contributed by atoms with Crippen molar-refractivity contribution in [3.05, 3.63) is 23.7 Å². The monoisotopic (exact) mass is 303 g/mol. The van der Waals surface area contributed by atoms with Crippen LogP contribution >= 0.6 is 0 Å². The molecule has 4 heteroatoms. The fourth-order valence-corrected chi connectivity index (χ4v) is 4.30. The van der Waals surface area contributed by atoms with Gasteiger partial charge in [-0.25, -0.2) is 0 Å². The zero-order valence-corrected chi connectivity index (χ0v) is 13.3. The molecule has 4 nitrogen and oxygen atoms in total. The number of carbonyl (C=O) groups is 1. The Bertz CT molecular complexity index is 562. The Labute approximate surface area is 131 Å². The molecule has 0 N–H and O–H groups in total. The van der Waals surface area contributed by atoms with Gasteiger partial charge in [-0.1, -0.05) is 6.42 Å². The van der Waals surface area contributed by atoms with Crippen molar-refractivity contribution in [2.24, 2.45) is 17.3 Å². The molecule has 3 fully saturated rings. The minimum atomic E-state index is 0.127. The fraction of sp³-hybridized carbons (Fsp3) is 0.722. The molecule has 22 heavy (non-hydrogen) atoms. The van der Waals surface area contributed by atoms with Crippen LogP contribution in [0.2, 0.25) is 0 Å². The summed E-state index contributed by atoms with van der Waals surface area (Å²) in [5.74, 6) is 2.27. The normalized spacial score (nSPS) is 30.8. The van der Waals surface area contributed by atoms with E-state index in [1.54, 1.807) is 12.3 Å². The van der Waals surface area contributed by atoms with Crippen molar-refractivity contribution in [3.8, 4) is 0 Å². The third-order valence-electron chi connectivity index (χ3n) is 5.86. The molecule has 0 unspecified atom stereocenters. The second kappa shape index (κ2) is 5.41. The molecule has 2 saturated carbocycles. The van der Waals surface area contributed by atoms with Gasteiger partial charge in [0.25, 0.3) is 5.91 Å². The molecular formula is C18H25NO3. The van der Waals surface area contributed by atoms with Crippen LogP contribution < -0.4 is 0 Å². The molecule has 1 aliphatic heterocycles. The molecule has 0 spiro atoms. The van der Waals surface area contributed by atoms with E-state index in [1.807, 2.05) is 11.8 Å². The number of hydrogen-bond donors (Lipinski definition) is 0. The van der Waals surface area contributed by atoms with Crippen LogP contribution in [-0.2, 0) is 4.74 Å². The van der Waals surface area contributed by atoms with E-state index in [0.717, 1.165) is 38.0 Å². The molecular weight excluding hydrogens is 278 g/mol. The number of likely N-dealkylation sites (tertiary alicyclic amines) is 1. The Morgan fingerprint density at radius 3 is 3.05 bits per heavy atom. The highest BCUT2D eigenvalue weighted by molar-refractivity contribution is 5.95. The molecule has 1 aromatic rings. The van der Waals surface area contributed by atoms with Crippen LogP contribution in [0.1, 0.15) is 48.2 Å². The maximum Gasteiger partial charge on any atom is 0.257 e. The average molecular weight is 303 g/mol. The summed E-state index contributed by atoms with van der Waals surface area (Å²) in [5, 5.41) is 0. The largest absolute Gasteiger partial charge is 0.469 e. The van der Waals surface area contributed by atoms with E-state index in [0.29, 0.717) is 11.5 Å². The van der Waals surface area contributed by atoms with E-state index in [9.17, 15) is 4.79 Å². The van der Waals surface area contributed by atoms with Gasteiger partial charge in [0.2, 0.25) is 0 Å². The van der Waals surface area contributed by atoms with Crippen LogP contribution in [0, 0.1) is 24.2 Å². The van der Waals surface area contributed by atoms with Crippen LogP contribution in [0.25, 0.3) is 0 Å². The van der Waals surface area contributed by atoms with Gasteiger partial charge < -0.3 is 14.1 Å². The Kier molecular flexibility index (Phi) is 3.52. The van der Waals surface area contributed by atoms with Gasteiger partial charge in [0, 0.05) is 25.1 Å². The summed E-state index contributed by atoms with van der Waals surface area (Å²) < 4.78 is 11.3. The molecule has 1 saturated heterocycles. The first-order valence-electron chi connectivity index (χ1n) is 8.59. The number of rotatable bonds is 5. The van der Waals surface area contributed by atoms with Crippen molar-refractivity contribution in [2.45, 2.75) is 39.0 Å². The number of fused-ring (bicyclic) bond motifs is 1. The number of furan rings is 1. The smallest absolute Gasteiger partial charge is 0.257 e. The highest BCUT2D eigenvalue weighted by Gasteiger charge is 2.51. The van der Waals surface area contributed by atoms with E-state index in [1.165, 1.54) is 32.1 Å². The SMILES string of the molecule is Cc1occc1C(=O)N1C[C@@H]2CCC[C@]2(COCC2CC2)C1. The molecule has 0 bridgehead atoms. The molecule has 1 amide bonds. The number of aryl methyl sites for hydroxylation is 1. The van der Waals surface area contributed by atoms with Gasteiger partial charge in [0.15, 0.2) is 0 Å². The molecule has 2 heterocycles. The predicted molar refractivity (Wildman–Crippen MR) is 82.7 cm³/mol. The van der Waals surface area contributed by atoms with Crippen LogP contribution in [0.15, 0.2) is 16.7 Å². The third-order valence-corrected chi connectivity index (χ3v) is 5.86. The van der Waals surface area contributed by atoms with Crippen molar-refractivity contribution in [1.29, 1.82) is 0 Å². The van der Waals surface area contributed by atoms with Crippen LogP contribution in [0.4, 0.5) is 0 Å². The summed E-state index contributed by atoms with van der Waals surface area (Å²) in [6.07, 6.45) is 8.00. The second-order valence-corrected chi connectivity index (χ2v) is 7.49. The maximum absolute atomic E-state index is 12.7. The zero-order chi connectivity index (χ0) is 15.2. The Morgan fingerprint density at radius 2 is 2.32 bits per heavy atom. The molecule has 0 radical (unpaired) electrons. The molecule has 3 aliphatic rings. The van der Waals surface area contributed by atoms with Gasteiger partial charge in [-0.15, -0.1) is 0 Å². The van der Waals surface area contributed by atoms with Crippen molar-refractivity contribution in [1.82, 2.24) is 4.90 Å². The van der Waals surface area contributed by atoms with Crippen LogP contribution in [-0.4, -0.2) is 37.1 Å². The molecule has 2 aliphatic carbocycles. The summed E-state index contributed by atoms with van der Waals surface area (Å²) in [5.41, 5.74) is 0.927. The molecule has 120 valence electrons. The quantitative estimate of drug-likeness (QED) is 0.838. The lowest BCUT2D eigenvalue weighted by Crippen LogP contribution is -2.35. The number of carbonyl (C=O) groups excluding carboxylic acids is 1. The molecule has 4 rings (SSSR count). The van der Waals surface area contributed by atoms with Crippen molar-refractivity contribution in [2.75, 3.05) is 26.3 Å². The van der Waals surface area contributed by atoms with Gasteiger partial charge in [0.05, 0.1) is 18.4 Å². The van der Waals surface area contributed by atoms with Crippen LogP contribution in [0.3, 0.4) is 0 Å². The van der Waals surface area contributed by atoms with E-state index < -0.39 is 0 Å². The van der Waals surface area contributed by atoms with Gasteiger partial charge in [0.1, 0.15) is 5.76 Å². The van der Waals surface area contributed by atoms with E-state index in [4.69, 9.17) is 9.15 Å². The van der Waals surface area contributed by atoms with Gasteiger partial charge in [-0.2, -0.15) is 0 Å². The summed E-state index contributed by atoms with van der Waals surface area (Å²) in [4.78, 5) is 14.7. The number of ether oxygens (including phenoxy) is 1. The summed E-state index contributed by atoms with van der Waals surface area (Å²) >= 11 is 0. The van der Waals surface area contributed by atoms with Gasteiger partial charge in [-0.05, 0) is 50.5 Å². The lowest BCUT2D eigenvalue weighted by Gasteiger charge is -2.28. The minimum Gasteiger partial charge on any atom is -0.469 e. The van der Waals surface area contributed by atoms with E-state index in [2.05, 4.69) is 0 Å². The molecule has 1 aromatic heterocycles. The third kappa shape index (κ3) is 2.47. The second-order valence-electron chi connectivity index (χ2n) is 7.49. The van der Waals surface area contributed by atoms with E-state index >= 15 is 0 Å². The Balaban J connectivity index is 1.44. The van der Waals surface area contributed by atoms with Crippen molar-refractivity contribution in [3.63, 3.8) is 0 Å². The lowest BCUT2D eigenvalue weighted by atomic mass is 9.81. The number of hydrogen-bond acceptors (Lipinski definition) is 3. The minimum absolute atomic E-state index is 0.127. The summed E-state index contributed by atoms with van der Waals surface area (Å²) in [6.45, 7) is 5.35. The number of amides is 1. The maximum atomic E-state index is 12.7. The number of nitrogens with zero attached hydrogens (tertiary/aromatic N) is 1. The van der Waals surface area contributed by atoms with Crippen molar-refractivity contribution < 1.29 is 13.9 Å². The molecule has 0 aromatic carbocycles. The fourth-order valence-electron chi connectivity index (χ4n) is 4.30. The highest BCUT2D eigenvalue weighted by Crippen LogP contribution is 2.49. The lowest BCUT2D eigenvalue weighted by molar-refractivity contribution is 0.0306.